The fourth-order valence-corrected chi connectivity index (χ4v) is 2.54. The van der Waals surface area contributed by atoms with Gasteiger partial charge in [0.05, 0.1) is 0 Å². The van der Waals surface area contributed by atoms with Crippen LogP contribution >= 0.6 is 0 Å². The summed E-state index contributed by atoms with van der Waals surface area (Å²) in [5.74, 6) is 2.67. The van der Waals surface area contributed by atoms with Gasteiger partial charge < -0.3 is 16.0 Å². The van der Waals surface area contributed by atoms with E-state index in [9.17, 15) is 0 Å². The lowest BCUT2D eigenvalue weighted by molar-refractivity contribution is 0.383. The smallest absolute Gasteiger partial charge is 0.134 e. The fraction of sp³-hybridized carbons (Fsp3) is 0.692. The van der Waals surface area contributed by atoms with Gasteiger partial charge in [-0.15, -0.1) is 0 Å². The zero-order chi connectivity index (χ0) is 13.1. The number of nitrogens with one attached hydrogen (secondary N) is 1. The van der Waals surface area contributed by atoms with Gasteiger partial charge in [-0.1, -0.05) is 0 Å². The van der Waals surface area contributed by atoms with Gasteiger partial charge in [-0.3, -0.25) is 0 Å². The third kappa shape index (κ3) is 2.90. The van der Waals surface area contributed by atoms with E-state index in [0.29, 0.717) is 12.1 Å². The zero-order valence-corrected chi connectivity index (χ0v) is 11.5. The van der Waals surface area contributed by atoms with E-state index in [1.54, 1.807) is 0 Å². The quantitative estimate of drug-likeness (QED) is 0.850. The van der Waals surface area contributed by atoms with Crippen LogP contribution < -0.4 is 16.0 Å². The molecule has 100 valence electrons. The molecule has 1 aromatic heterocycles. The Morgan fingerprint density at radius 3 is 2.56 bits per heavy atom. The number of nitrogens with zero attached hydrogens (tertiary/aromatic N) is 3. The van der Waals surface area contributed by atoms with Crippen LogP contribution in [-0.2, 0) is 0 Å². The average molecular weight is 249 g/mol. The summed E-state index contributed by atoms with van der Waals surface area (Å²) in [6.07, 6.45) is 4.52. The largest absolute Gasteiger partial charge is 0.373 e. The SMILES string of the molecule is CNc1cc(N(C)C2CCC(N)CC2)nc(C)n1. The molecule has 1 heterocycles. The Morgan fingerprint density at radius 2 is 1.94 bits per heavy atom. The van der Waals surface area contributed by atoms with E-state index in [2.05, 4.69) is 27.2 Å². The van der Waals surface area contributed by atoms with Crippen molar-refractivity contribution in [1.29, 1.82) is 0 Å². The first-order chi connectivity index (χ1) is 8.60. The molecule has 1 fully saturated rings. The van der Waals surface area contributed by atoms with Crippen LogP contribution in [0.4, 0.5) is 11.6 Å². The molecule has 5 nitrogen and oxygen atoms in total. The maximum atomic E-state index is 5.95. The van der Waals surface area contributed by atoms with E-state index < -0.39 is 0 Å². The van der Waals surface area contributed by atoms with E-state index in [1.165, 1.54) is 0 Å². The van der Waals surface area contributed by atoms with Gasteiger partial charge in [-0.25, -0.2) is 9.97 Å². The van der Waals surface area contributed by atoms with Crippen molar-refractivity contribution in [2.75, 3.05) is 24.3 Å². The molecular formula is C13H23N5. The predicted octanol–water partition coefficient (Wildman–Crippen LogP) is 1.53. The van der Waals surface area contributed by atoms with Gasteiger partial charge in [-0.05, 0) is 32.6 Å². The topological polar surface area (TPSA) is 67.1 Å². The molecule has 0 amide bonds. The van der Waals surface area contributed by atoms with E-state index in [0.717, 1.165) is 43.1 Å². The standard InChI is InChI=1S/C13H23N5/c1-9-16-12(15-2)8-13(17-9)18(3)11-6-4-10(14)5-7-11/h8,10-11H,4-7,14H2,1-3H3,(H,15,16,17). The normalized spacial score (nSPS) is 23.8. The Kier molecular flexibility index (Phi) is 4.01. The van der Waals surface area contributed by atoms with Crippen LogP contribution in [0.5, 0.6) is 0 Å². The highest BCUT2D eigenvalue weighted by Crippen LogP contribution is 2.25. The van der Waals surface area contributed by atoms with Gasteiger partial charge in [0.25, 0.3) is 0 Å². The third-order valence-electron chi connectivity index (χ3n) is 3.73. The van der Waals surface area contributed by atoms with Crippen molar-refractivity contribution in [3.05, 3.63) is 11.9 Å². The highest BCUT2D eigenvalue weighted by molar-refractivity contribution is 5.49. The zero-order valence-electron chi connectivity index (χ0n) is 11.5. The minimum Gasteiger partial charge on any atom is -0.373 e. The van der Waals surface area contributed by atoms with Crippen molar-refractivity contribution in [1.82, 2.24) is 9.97 Å². The minimum atomic E-state index is 0.384. The molecule has 0 bridgehead atoms. The molecule has 0 unspecified atom stereocenters. The van der Waals surface area contributed by atoms with E-state index in [1.807, 2.05) is 20.0 Å². The molecule has 1 aliphatic rings. The molecule has 0 aromatic carbocycles. The molecule has 0 spiro atoms. The average Bonchev–Trinajstić information content (AvgIpc) is 2.38. The van der Waals surface area contributed by atoms with Crippen molar-refractivity contribution < 1.29 is 0 Å². The molecule has 0 saturated heterocycles. The second-order valence-corrected chi connectivity index (χ2v) is 5.09. The van der Waals surface area contributed by atoms with Crippen molar-refractivity contribution in [2.45, 2.75) is 44.7 Å². The summed E-state index contributed by atoms with van der Waals surface area (Å²) in [5.41, 5.74) is 5.95. The summed E-state index contributed by atoms with van der Waals surface area (Å²) in [5, 5.41) is 3.08. The van der Waals surface area contributed by atoms with Crippen LogP contribution in [0, 0.1) is 6.92 Å². The van der Waals surface area contributed by atoms with E-state index in [-0.39, 0.29) is 0 Å². The van der Waals surface area contributed by atoms with E-state index in [4.69, 9.17) is 5.73 Å². The predicted molar refractivity (Wildman–Crippen MR) is 75.0 cm³/mol. The molecule has 1 aromatic rings. The molecule has 5 heteroatoms. The van der Waals surface area contributed by atoms with Gasteiger partial charge in [0.1, 0.15) is 17.5 Å². The number of hydrogen-bond donors (Lipinski definition) is 2. The summed E-state index contributed by atoms with van der Waals surface area (Å²) in [6, 6.07) is 2.93. The number of nitrogens with two attached hydrogens (primary N) is 1. The summed E-state index contributed by atoms with van der Waals surface area (Å²) in [4.78, 5) is 11.1. The maximum absolute atomic E-state index is 5.95. The minimum absolute atomic E-state index is 0.384. The lowest BCUT2D eigenvalue weighted by Crippen LogP contribution is -2.39. The van der Waals surface area contributed by atoms with Gasteiger partial charge >= 0.3 is 0 Å². The van der Waals surface area contributed by atoms with E-state index >= 15 is 0 Å². The van der Waals surface area contributed by atoms with Crippen molar-refractivity contribution in [3.63, 3.8) is 0 Å². The van der Waals surface area contributed by atoms with Crippen molar-refractivity contribution >= 4 is 11.6 Å². The number of aryl methyl sites for hydroxylation is 1. The molecule has 1 aliphatic carbocycles. The highest BCUT2D eigenvalue weighted by atomic mass is 15.2. The second kappa shape index (κ2) is 5.52. The highest BCUT2D eigenvalue weighted by Gasteiger charge is 2.23. The van der Waals surface area contributed by atoms with Gasteiger partial charge in [0, 0.05) is 32.2 Å². The molecule has 0 radical (unpaired) electrons. The molecule has 0 atom stereocenters. The molecule has 2 rings (SSSR count). The first kappa shape index (κ1) is 13.1. The summed E-state index contributed by atoms with van der Waals surface area (Å²) < 4.78 is 0. The van der Waals surface area contributed by atoms with Crippen LogP contribution in [0.25, 0.3) is 0 Å². The lowest BCUT2D eigenvalue weighted by Gasteiger charge is -2.34. The molecule has 18 heavy (non-hydrogen) atoms. The van der Waals surface area contributed by atoms with Crippen LogP contribution in [0.2, 0.25) is 0 Å². The first-order valence-electron chi connectivity index (χ1n) is 6.62. The van der Waals surface area contributed by atoms with Gasteiger partial charge in [0.2, 0.25) is 0 Å². The summed E-state index contributed by atoms with van der Waals surface area (Å²) in [6.45, 7) is 1.93. The molecule has 3 N–H and O–H groups in total. The Labute approximate surface area is 109 Å². The lowest BCUT2D eigenvalue weighted by atomic mass is 9.91. The number of rotatable bonds is 3. The Balaban J connectivity index is 2.12. The molecule has 0 aliphatic heterocycles. The number of hydrogen-bond acceptors (Lipinski definition) is 5. The van der Waals surface area contributed by atoms with Gasteiger partial charge in [-0.2, -0.15) is 0 Å². The number of aromatic nitrogens is 2. The van der Waals surface area contributed by atoms with Crippen LogP contribution in [0.1, 0.15) is 31.5 Å². The van der Waals surface area contributed by atoms with Crippen LogP contribution in [0.3, 0.4) is 0 Å². The Hall–Kier alpha value is -1.36. The van der Waals surface area contributed by atoms with Crippen LogP contribution in [0.15, 0.2) is 6.07 Å². The summed E-state index contributed by atoms with van der Waals surface area (Å²) >= 11 is 0. The molecular weight excluding hydrogens is 226 g/mol. The molecule has 1 saturated carbocycles. The maximum Gasteiger partial charge on any atom is 0.134 e. The van der Waals surface area contributed by atoms with Crippen LogP contribution in [-0.4, -0.2) is 36.1 Å². The van der Waals surface area contributed by atoms with Gasteiger partial charge in [0.15, 0.2) is 0 Å². The second-order valence-electron chi connectivity index (χ2n) is 5.09. The van der Waals surface area contributed by atoms with Crippen molar-refractivity contribution in [3.8, 4) is 0 Å². The Bertz CT molecular complexity index is 398. The third-order valence-corrected chi connectivity index (χ3v) is 3.73. The first-order valence-corrected chi connectivity index (χ1v) is 6.62. The fourth-order valence-electron chi connectivity index (χ4n) is 2.54. The monoisotopic (exact) mass is 249 g/mol. The Morgan fingerprint density at radius 1 is 1.28 bits per heavy atom. The summed E-state index contributed by atoms with van der Waals surface area (Å²) in [7, 11) is 3.99. The van der Waals surface area contributed by atoms with Crippen molar-refractivity contribution in [2.24, 2.45) is 5.73 Å². The number of anilines is 2.